The van der Waals surface area contributed by atoms with Crippen molar-refractivity contribution in [2.75, 3.05) is 26.2 Å². The molecule has 0 aliphatic carbocycles. The van der Waals surface area contributed by atoms with Crippen LogP contribution in [0.25, 0.3) is 0 Å². The van der Waals surface area contributed by atoms with Crippen LogP contribution < -0.4 is 21.3 Å². The molecule has 1 aromatic carbocycles. The first-order valence-electron chi connectivity index (χ1n) is 11.4. The van der Waals surface area contributed by atoms with Crippen molar-refractivity contribution >= 4 is 24.0 Å². The van der Waals surface area contributed by atoms with E-state index in [1.165, 1.54) is 6.92 Å². The number of ketones is 1. The maximum atomic E-state index is 11.8. The molecule has 0 radical (unpaired) electrons. The van der Waals surface area contributed by atoms with Crippen LogP contribution in [0.4, 0.5) is 0 Å². The van der Waals surface area contributed by atoms with Crippen LogP contribution in [0.2, 0.25) is 0 Å². The summed E-state index contributed by atoms with van der Waals surface area (Å²) in [4.78, 5) is 43.8. The molecule has 0 aliphatic heterocycles. The number of nitrogens with one attached hydrogen (secondary N) is 4. The van der Waals surface area contributed by atoms with Crippen molar-refractivity contribution in [2.45, 2.75) is 67.3 Å². The molecular formula is C24H44N4O4. The van der Waals surface area contributed by atoms with E-state index in [0.717, 1.165) is 18.5 Å². The third-order valence-electron chi connectivity index (χ3n) is 3.47. The van der Waals surface area contributed by atoms with Crippen molar-refractivity contribution in [3.8, 4) is 0 Å². The molecule has 0 heterocycles. The lowest BCUT2D eigenvalue weighted by Gasteiger charge is -2.15. The molecule has 1 atom stereocenters. The van der Waals surface area contributed by atoms with Gasteiger partial charge in [-0.2, -0.15) is 0 Å². The summed E-state index contributed by atoms with van der Waals surface area (Å²) in [5.74, 6) is -0.412. The van der Waals surface area contributed by atoms with Crippen LogP contribution in [0.5, 0.6) is 0 Å². The first-order valence-corrected chi connectivity index (χ1v) is 11.4. The molecule has 0 spiro atoms. The molecule has 8 nitrogen and oxygen atoms in total. The van der Waals surface area contributed by atoms with Gasteiger partial charge in [0.2, 0.25) is 18.2 Å². The molecule has 0 aromatic heterocycles. The Balaban J connectivity index is -0.000000511. The number of benzene rings is 1. The van der Waals surface area contributed by atoms with Gasteiger partial charge in [-0.25, -0.2) is 0 Å². The summed E-state index contributed by atoms with van der Waals surface area (Å²) in [6, 6.07) is 8.68. The average Bonchev–Trinajstić information content (AvgIpc) is 2.81. The summed E-state index contributed by atoms with van der Waals surface area (Å²) < 4.78 is 0. The van der Waals surface area contributed by atoms with Crippen molar-refractivity contribution < 1.29 is 19.2 Å². The number of likely N-dealkylation sites (N-methyl/N-ethyl adjacent to an activating group) is 1. The number of Topliss-reactive ketones (excluding diaryl/α,β-unsaturated/α-hetero) is 1. The maximum Gasteiger partial charge on any atom is 0.243 e. The van der Waals surface area contributed by atoms with Gasteiger partial charge in [-0.3, -0.25) is 19.2 Å². The van der Waals surface area contributed by atoms with Crippen molar-refractivity contribution in [3.63, 3.8) is 0 Å². The number of hydrogen-bond donors (Lipinski definition) is 4. The molecule has 0 saturated carbocycles. The highest BCUT2D eigenvalue weighted by atomic mass is 16.2. The molecule has 0 fully saturated rings. The Morgan fingerprint density at radius 2 is 1.53 bits per heavy atom. The van der Waals surface area contributed by atoms with Gasteiger partial charge in [-0.1, -0.05) is 65.0 Å². The van der Waals surface area contributed by atoms with Crippen LogP contribution in [0.1, 0.15) is 60.5 Å². The number of amides is 3. The van der Waals surface area contributed by atoms with E-state index in [1.807, 2.05) is 65.0 Å². The quantitative estimate of drug-likeness (QED) is 0.287. The molecule has 4 N–H and O–H groups in total. The lowest BCUT2D eigenvalue weighted by Crippen LogP contribution is -2.46. The molecule has 0 aliphatic rings. The minimum absolute atomic E-state index is 0.0232. The maximum absolute atomic E-state index is 11.8. The Bertz CT molecular complexity index is 595. The van der Waals surface area contributed by atoms with Gasteiger partial charge in [-0.15, -0.1) is 0 Å². The van der Waals surface area contributed by atoms with E-state index >= 15 is 0 Å². The van der Waals surface area contributed by atoms with Crippen molar-refractivity contribution in [1.29, 1.82) is 0 Å². The van der Waals surface area contributed by atoms with Crippen LogP contribution in [-0.4, -0.2) is 56.2 Å². The largest absolute Gasteiger partial charge is 0.355 e. The second-order valence-corrected chi connectivity index (χ2v) is 6.08. The predicted molar refractivity (Wildman–Crippen MR) is 131 cm³/mol. The third-order valence-corrected chi connectivity index (χ3v) is 3.47. The summed E-state index contributed by atoms with van der Waals surface area (Å²) in [7, 11) is 0. The zero-order valence-electron chi connectivity index (χ0n) is 20.9. The van der Waals surface area contributed by atoms with Gasteiger partial charge in [0.25, 0.3) is 0 Å². The van der Waals surface area contributed by atoms with Gasteiger partial charge in [0, 0.05) is 13.0 Å². The van der Waals surface area contributed by atoms with Crippen molar-refractivity contribution in [3.05, 3.63) is 35.9 Å². The van der Waals surface area contributed by atoms with Gasteiger partial charge >= 0.3 is 0 Å². The fourth-order valence-electron chi connectivity index (χ4n) is 2.13. The van der Waals surface area contributed by atoms with E-state index in [1.54, 1.807) is 0 Å². The topological polar surface area (TPSA) is 116 Å². The SMILES string of the molecule is CC.CC.CC(=O)CNC(=O)C(Cc1ccccc1)NC=O.CCCNCC(=O)NCC. The Morgan fingerprint density at radius 1 is 0.938 bits per heavy atom. The molecule has 1 aromatic rings. The van der Waals surface area contributed by atoms with Crippen LogP contribution in [-0.2, 0) is 25.6 Å². The molecule has 0 saturated heterocycles. The third kappa shape index (κ3) is 22.0. The van der Waals surface area contributed by atoms with Crippen LogP contribution >= 0.6 is 0 Å². The van der Waals surface area contributed by atoms with Gasteiger partial charge in [0.1, 0.15) is 11.8 Å². The molecule has 1 unspecified atom stereocenters. The molecule has 3 amide bonds. The normalized spacial score (nSPS) is 9.72. The van der Waals surface area contributed by atoms with E-state index in [9.17, 15) is 19.2 Å². The lowest BCUT2D eigenvalue weighted by molar-refractivity contribution is -0.127. The smallest absolute Gasteiger partial charge is 0.243 e. The van der Waals surface area contributed by atoms with Crippen LogP contribution in [0, 0.1) is 0 Å². The van der Waals surface area contributed by atoms with E-state index in [0.29, 0.717) is 25.9 Å². The Morgan fingerprint density at radius 3 is 2.00 bits per heavy atom. The number of rotatable bonds is 12. The van der Waals surface area contributed by atoms with Crippen LogP contribution in [0.15, 0.2) is 30.3 Å². The van der Waals surface area contributed by atoms with E-state index < -0.39 is 6.04 Å². The Kier molecular flexibility index (Phi) is 27.8. The lowest BCUT2D eigenvalue weighted by atomic mass is 10.1. The predicted octanol–water partition coefficient (Wildman–Crippen LogP) is 2.22. The van der Waals surface area contributed by atoms with Gasteiger partial charge in [-0.05, 0) is 32.4 Å². The van der Waals surface area contributed by atoms with E-state index in [4.69, 9.17) is 0 Å². The minimum atomic E-state index is -0.663. The highest BCUT2D eigenvalue weighted by Gasteiger charge is 2.17. The van der Waals surface area contributed by atoms with Crippen molar-refractivity contribution in [2.24, 2.45) is 0 Å². The minimum Gasteiger partial charge on any atom is -0.355 e. The Labute approximate surface area is 194 Å². The first kappa shape index (κ1) is 33.9. The second-order valence-electron chi connectivity index (χ2n) is 6.08. The molecule has 1 rings (SSSR count). The van der Waals surface area contributed by atoms with E-state index in [-0.39, 0.29) is 24.1 Å². The van der Waals surface area contributed by atoms with Gasteiger partial charge in [0.15, 0.2) is 0 Å². The Hall–Kier alpha value is -2.74. The fraction of sp³-hybridized carbons (Fsp3) is 0.583. The number of carbonyl (C=O) groups excluding carboxylic acids is 4. The van der Waals surface area contributed by atoms with E-state index in [2.05, 4.69) is 28.2 Å². The average molecular weight is 453 g/mol. The van der Waals surface area contributed by atoms with Gasteiger partial charge < -0.3 is 21.3 Å². The standard InChI is InChI=1S/C13H16N2O3.C7H16N2O.2C2H6/c1-10(17)8-14-13(18)12(15-9-16)7-11-5-3-2-4-6-11;1-3-5-8-6-7(10)9-4-2;2*1-2/h2-6,9,12H,7-8H2,1H3,(H,14,18)(H,15,16);8H,3-6H2,1-2H3,(H,9,10);2*1-2H3. The first-order chi connectivity index (χ1) is 15.4. The molecule has 184 valence electrons. The molecule has 8 heteroatoms. The highest BCUT2D eigenvalue weighted by Crippen LogP contribution is 2.03. The molecule has 32 heavy (non-hydrogen) atoms. The highest BCUT2D eigenvalue weighted by molar-refractivity contribution is 5.88. The monoisotopic (exact) mass is 452 g/mol. The summed E-state index contributed by atoms with van der Waals surface area (Å²) >= 11 is 0. The van der Waals surface area contributed by atoms with Crippen molar-refractivity contribution in [1.82, 2.24) is 21.3 Å². The summed E-state index contributed by atoms with van der Waals surface area (Å²) in [5, 5.41) is 10.6. The molecular weight excluding hydrogens is 408 g/mol. The number of hydrogen-bond acceptors (Lipinski definition) is 5. The van der Waals surface area contributed by atoms with Crippen LogP contribution in [0.3, 0.4) is 0 Å². The second kappa shape index (κ2) is 26.3. The summed E-state index contributed by atoms with van der Waals surface area (Å²) in [6.07, 6.45) is 1.95. The number of carbonyl (C=O) groups is 4. The molecule has 0 bridgehead atoms. The zero-order chi connectivity index (χ0) is 25.2. The fourth-order valence-corrected chi connectivity index (χ4v) is 2.13. The zero-order valence-corrected chi connectivity index (χ0v) is 20.9. The van der Waals surface area contributed by atoms with Gasteiger partial charge in [0.05, 0.1) is 13.1 Å². The summed E-state index contributed by atoms with van der Waals surface area (Å²) in [6.45, 7) is 15.4. The summed E-state index contributed by atoms with van der Waals surface area (Å²) in [5.41, 5.74) is 0.940.